The maximum absolute atomic E-state index is 8.67. The normalized spacial score (nSPS) is 9.95. The number of nitrogens with zero attached hydrogens (tertiary/aromatic N) is 1. The Balaban J connectivity index is 2.03. The molecule has 3 heteroatoms. The molecule has 2 aromatic carbocycles. The van der Waals surface area contributed by atoms with Crippen LogP contribution in [0.1, 0.15) is 16.7 Å². The molecule has 2 aromatic rings. The number of nitriles is 1. The van der Waals surface area contributed by atoms with Gasteiger partial charge in [-0.1, -0.05) is 24.3 Å². The topological polar surface area (TPSA) is 42.2 Å². The molecule has 0 N–H and O–H groups in total. The van der Waals surface area contributed by atoms with Gasteiger partial charge in [-0.25, -0.2) is 0 Å². The molecule has 0 aliphatic carbocycles. The number of methoxy groups -OCH3 is 2. The lowest BCUT2D eigenvalue weighted by Gasteiger charge is -2.08. The number of ether oxygens (including phenoxy) is 2. The molecule has 0 fully saturated rings. The molecule has 108 valence electrons. The first-order chi connectivity index (χ1) is 10.2. The van der Waals surface area contributed by atoms with Crippen molar-refractivity contribution < 1.29 is 9.47 Å². The largest absolute Gasteiger partial charge is 0.497 e. The summed E-state index contributed by atoms with van der Waals surface area (Å²) in [5.74, 6) is 1.63. The van der Waals surface area contributed by atoms with E-state index >= 15 is 0 Å². The molecular formula is C18H19NO2. The van der Waals surface area contributed by atoms with Gasteiger partial charge in [0.2, 0.25) is 0 Å². The SMILES string of the molecule is COc1cc(CCc2ccc(CC#N)cc2)cc(OC)c1. The molecule has 0 unspecified atom stereocenters. The van der Waals surface area contributed by atoms with Crippen LogP contribution in [0.3, 0.4) is 0 Å². The third-order valence-electron chi connectivity index (χ3n) is 3.42. The Morgan fingerprint density at radius 2 is 1.33 bits per heavy atom. The lowest BCUT2D eigenvalue weighted by molar-refractivity contribution is 0.393. The second-order valence-corrected chi connectivity index (χ2v) is 4.87. The van der Waals surface area contributed by atoms with Gasteiger partial charge in [0.25, 0.3) is 0 Å². The predicted molar refractivity (Wildman–Crippen MR) is 82.7 cm³/mol. The summed E-state index contributed by atoms with van der Waals surface area (Å²) in [6.07, 6.45) is 2.33. The summed E-state index contributed by atoms with van der Waals surface area (Å²) in [5.41, 5.74) is 3.51. The van der Waals surface area contributed by atoms with E-state index < -0.39 is 0 Å². The van der Waals surface area contributed by atoms with Crippen molar-refractivity contribution in [3.8, 4) is 17.6 Å². The zero-order valence-electron chi connectivity index (χ0n) is 12.4. The van der Waals surface area contributed by atoms with Gasteiger partial charge < -0.3 is 9.47 Å². The molecule has 0 atom stereocenters. The lowest BCUT2D eigenvalue weighted by Crippen LogP contribution is -1.95. The molecule has 3 nitrogen and oxygen atoms in total. The zero-order chi connectivity index (χ0) is 15.1. The Morgan fingerprint density at radius 1 is 0.810 bits per heavy atom. The van der Waals surface area contributed by atoms with E-state index in [2.05, 4.69) is 18.2 Å². The lowest BCUT2D eigenvalue weighted by atomic mass is 10.0. The van der Waals surface area contributed by atoms with Gasteiger partial charge in [-0.2, -0.15) is 5.26 Å². The van der Waals surface area contributed by atoms with Gasteiger partial charge in [0, 0.05) is 6.07 Å². The van der Waals surface area contributed by atoms with Gasteiger partial charge in [0.15, 0.2) is 0 Å². The van der Waals surface area contributed by atoms with Gasteiger partial charge >= 0.3 is 0 Å². The number of aryl methyl sites for hydroxylation is 2. The molecule has 0 aliphatic heterocycles. The van der Waals surface area contributed by atoms with Crippen LogP contribution in [-0.2, 0) is 19.3 Å². The minimum Gasteiger partial charge on any atom is -0.497 e. The van der Waals surface area contributed by atoms with Crippen molar-refractivity contribution in [2.24, 2.45) is 0 Å². The van der Waals surface area contributed by atoms with Crippen molar-refractivity contribution in [1.29, 1.82) is 5.26 Å². The number of hydrogen-bond acceptors (Lipinski definition) is 3. The Bertz CT molecular complexity index is 604. The first kappa shape index (κ1) is 14.9. The molecule has 0 spiro atoms. The highest BCUT2D eigenvalue weighted by Crippen LogP contribution is 2.23. The van der Waals surface area contributed by atoms with Crippen LogP contribution in [0, 0.1) is 11.3 Å². The third kappa shape index (κ3) is 4.25. The van der Waals surface area contributed by atoms with E-state index in [4.69, 9.17) is 14.7 Å². The first-order valence-electron chi connectivity index (χ1n) is 6.92. The monoisotopic (exact) mass is 281 g/mol. The van der Waals surface area contributed by atoms with Crippen molar-refractivity contribution in [3.05, 3.63) is 59.2 Å². The summed E-state index contributed by atoms with van der Waals surface area (Å²) < 4.78 is 10.6. The molecule has 0 heterocycles. The zero-order valence-corrected chi connectivity index (χ0v) is 12.4. The predicted octanol–water partition coefficient (Wildman–Crippen LogP) is 3.56. The van der Waals surface area contributed by atoms with Crippen molar-refractivity contribution in [2.45, 2.75) is 19.3 Å². The van der Waals surface area contributed by atoms with E-state index in [1.165, 1.54) is 11.1 Å². The molecular weight excluding hydrogens is 262 g/mol. The molecule has 0 amide bonds. The molecule has 0 saturated carbocycles. The number of rotatable bonds is 6. The fourth-order valence-corrected chi connectivity index (χ4v) is 2.21. The van der Waals surface area contributed by atoms with Crippen LogP contribution in [-0.4, -0.2) is 14.2 Å². The molecule has 2 rings (SSSR count). The fourth-order valence-electron chi connectivity index (χ4n) is 2.21. The minimum atomic E-state index is 0.466. The number of hydrogen-bond donors (Lipinski definition) is 0. The smallest absolute Gasteiger partial charge is 0.122 e. The van der Waals surface area contributed by atoms with E-state index in [0.29, 0.717) is 6.42 Å². The molecule has 0 saturated heterocycles. The van der Waals surface area contributed by atoms with Gasteiger partial charge in [0.05, 0.1) is 26.7 Å². The van der Waals surface area contributed by atoms with E-state index in [0.717, 1.165) is 29.9 Å². The summed E-state index contributed by atoms with van der Waals surface area (Å²) >= 11 is 0. The average molecular weight is 281 g/mol. The third-order valence-corrected chi connectivity index (χ3v) is 3.42. The van der Waals surface area contributed by atoms with Crippen molar-refractivity contribution in [2.75, 3.05) is 14.2 Å². The molecule has 21 heavy (non-hydrogen) atoms. The van der Waals surface area contributed by atoms with Crippen LogP contribution < -0.4 is 9.47 Å². The van der Waals surface area contributed by atoms with Crippen LogP contribution in [0.25, 0.3) is 0 Å². The van der Waals surface area contributed by atoms with Crippen LogP contribution in [0.4, 0.5) is 0 Å². The van der Waals surface area contributed by atoms with Gasteiger partial charge in [-0.15, -0.1) is 0 Å². The van der Waals surface area contributed by atoms with E-state index in [1.54, 1.807) is 14.2 Å². The van der Waals surface area contributed by atoms with Crippen LogP contribution >= 0.6 is 0 Å². The second kappa shape index (κ2) is 7.35. The maximum Gasteiger partial charge on any atom is 0.122 e. The summed E-state index contributed by atoms with van der Waals surface area (Å²) in [5, 5.41) is 8.67. The summed E-state index contributed by atoms with van der Waals surface area (Å²) in [6.45, 7) is 0. The van der Waals surface area contributed by atoms with E-state index in [-0.39, 0.29) is 0 Å². The van der Waals surface area contributed by atoms with Gasteiger partial charge in [-0.3, -0.25) is 0 Å². The van der Waals surface area contributed by atoms with Crippen molar-refractivity contribution in [3.63, 3.8) is 0 Å². The van der Waals surface area contributed by atoms with E-state index in [9.17, 15) is 0 Å². The van der Waals surface area contributed by atoms with Crippen molar-refractivity contribution in [1.82, 2.24) is 0 Å². The Morgan fingerprint density at radius 3 is 1.86 bits per heavy atom. The second-order valence-electron chi connectivity index (χ2n) is 4.87. The standard InChI is InChI=1S/C18H19NO2/c1-20-17-11-16(12-18(13-17)21-2)8-7-14-3-5-15(6-4-14)9-10-19/h3-6,11-13H,7-9H2,1-2H3. The molecule has 0 aliphatic rings. The Kier molecular flexibility index (Phi) is 5.22. The van der Waals surface area contributed by atoms with Crippen molar-refractivity contribution >= 4 is 0 Å². The van der Waals surface area contributed by atoms with Crippen LogP contribution in [0.15, 0.2) is 42.5 Å². The van der Waals surface area contributed by atoms with Gasteiger partial charge in [0.1, 0.15) is 11.5 Å². The van der Waals surface area contributed by atoms with E-state index in [1.807, 2.05) is 30.3 Å². The molecule has 0 aromatic heterocycles. The highest BCUT2D eigenvalue weighted by atomic mass is 16.5. The Hall–Kier alpha value is -2.47. The van der Waals surface area contributed by atoms with Gasteiger partial charge in [-0.05, 0) is 41.7 Å². The average Bonchev–Trinajstić information content (AvgIpc) is 2.54. The molecule has 0 bridgehead atoms. The Labute approximate surface area is 125 Å². The highest BCUT2D eigenvalue weighted by Gasteiger charge is 2.03. The summed E-state index contributed by atoms with van der Waals surface area (Å²) in [6, 6.07) is 16.3. The number of benzene rings is 2. The summed E-state index contributed by atoms with van der Waals surface area (Å²) in [4.78, 5) is 0. The highest BCUT2D eigenvalue weighted by molar-refractivity contribution is 5.39. The minimum absolute atomic E-state index is 0.466. The maximum atomic E-state index is 8.67. The summed E-state index contributed by atoms with van der Waals surface area (Å²) in [7, 11) is 3.32. The first-order valence-corrected chi connectivity index (χ1v) is 6.92. The van der Waals surface area contributed by atoms with Crippen LogP contribution in [0.5, 0.6) is 11.5 Å². The molecule has 0 radical (unpaired) electrons. The fraction of sp³-hybridized carbons (Fsp3) is 0.278. The van der Waals surface area contributed by atoms with Crippen LogP contribution in [0.2, 0.25) is 0 Å². The quantitative estimate of drug-likeness (QED) is 0.813.